The van der Waals surface area contributed by atoms with E-state index in [9.17, 15) is 4.79 Å². The van der Waals surface area contributed by atoms with Crippen LogP contribution in [0, 0.1) is 0 Å². The molecule has 9 heteroatoms. The molecular weight excluding hydrogens is 300 g/mol. The Balaban J connectivity index is 1.94. The smallest absolute Gasteiger partial charge is 0.269 e. The van der Waals surface area contributed by atoms with Crippen molar-refractivity contribution in [1.29, 1.82) is 0 Å². The molecule has 20 heavy (non-hydrogen) atoms. The Hall–Kier alpha value is -2.06. The highest BCUT2D eigenvalue weighted by Crippen LogP contribution is 2.09. The van der Waals surface area contributed by atoms with E-state index in [1.165, 1.54) is 4.80 Å². The molecule has 104 valence electrons. The minimum Gasteiger partial charge on any atom is -0.299 e. The normalized spacial score (nSPS) is 10.1. The number of hydrogen-bond donors (Lipinski definition) is 2. The molecule has 1 heterocycles. The number of aromatic nitrogens is 4. The Morgan fingerprint density at radius 3 is 2.70 bits per heavy atom. The molecule has 0 fully saturated rings. The lowest BCUT2D eigenvalue weighted by atomic mass is 10.2. The van der Waals surface area contributed by atoms with Gasteiger partial charge >= 0.3 is 0 Å². The van der Waals surface area contributed by atoms with Crippen molar-refractivity contribution in [2.24, 2.45) is 0 Å². The van der Waals surface area contributed by atoms with Gasteiger partial charge in [-0.25, -0.2) is 0 Å². The molecule has 1 aromatic heterocycles. The number of tetrazole rings is 1. The molecule has 2 N–H and O–H groups in total. The first-order valence-electron chi connectivity index (χ1n) is 5.74. The van der Waals surface area contributed by atoms with Crippen molar-refractivity contribution in [2.45, 2.75) is 13.5 Å². The van der Waals surface area contributed by atoms with Gasteiger partial charge < -0.3 is 0 Å². The van der Waals surface area contributed by atoms with E-state index in [4.69, 9.17) is 23.8 Å². The number of halogens is 1. The van der Waals surface area contributed by atoms with Gasteiger partial charge in [-0.15, -0.1) is 5.10 Å². The number of rotatable bonds is 3. The fraction of sp³-hybridized carbons (Fsp3) is 0.182. The highest BCUT2D eigenvalue weighted by atomic mass is 35.5. The summed E-state index contributed by atoms with van der Waals surface area (Å²) in [4.78, 5) is 13.3. The summed E-state index contributed by atoms with van der Waals surface area (Å²) in [6, 6.07) is 6.46. The Morgan fingerprint density at radius 1 is 1.40 bits per heavy atom. The molecular formula is C11H11ClN6OS. The second kappa shape index (κ2) is 6.40. The fourth-order valence-electron chi connectivity index (χ4n) is 1.34. The first kappa shape index (κ1) is 14.4. The van der Waals surface area contributed by atoms with Crippen molar-refractivity contribution in [3.05, 3.63) is 34.9 Å². The number of aryl methyl sites for hydroxylation is 1. The molecule has 0 spiro atoms. The number of anilines is 1. The first-order chi connectivity index (χ1) is 9.58. The molecule has 0 atom stereocenters. The Bertz CT molecular complexity index is 626. The van der Waals surface area contributed by atoms with Crippen molar-refractivity contribution in [1.82, 2.24) is 25.5 Å². The summed E-state index contributed by atoms with van der Waals surface area (Å²) in [5.41, 5.74) is 0.448. The van der Waals surface area contributed by atoms with Gasteiger partial charge in [0.15, 0.2) is 5.11 Å². The summed E-state index contributed by atoms with van der Waals surface area (Å²) in [7, 11) is 0. The SMILES string of the molecule is CCn1nnc(NC(=S)NC(=O)c2ccc(Cl)cc2)n1. The molecule has 2 aromatic rings. The van der Waals surface area contributed by atoms with Crippen molar-refractivity contribution < 1.29 is 4.79 Å². The second-order valence-corrected chi connectivity index (χ2v) is 4.56. The quantitative estimate of drug-likeness (QED) is 0.835. The lowest BCUT2D eigenvalue weighted by Crippen LogP contribution is -2.34. The Labute approximate surface area is 125 Å². The molecule has 1 amide bonds. The number of thiocarbonyl (C=S) groups is 1. The largest absolute Gasteiger partial charge is 0.299 e. The van der Waals surface area contributed by atoms with E-state index in [1.807, 2.05) is 6.92 Å². The number of carbonyl (C=O) groups excluding carboxylic acids is 1. The Morgan fingerprint density at radius 2 is 2.10 bits per heavy atom. The van der Waals surface area contributed by atoms with E-state index in [1.54, 1.807) is 24.3 Å². The van der Waals surface area contributed by atoms with Crippen molar-refractivity contribution in [3.8, 4) is 0 Å². The van der Waals surface area contributed by atoms with E-state index >= 15 is 0 Å². The summed E-state index contributed by atoms with van der Waals surface area (Å²) in [6.07, 6.45) is 0. The lowest BCUT2D eigenvalue weighted by molar-refractivity contribution is 0.0978. The molecule has 0 aliphatic carbocycles. The maximum atomic E-state index is 11.9. The molecule has 0 bridgehead atoms. The van der Waals surface area contributed by atoms with E-state index in [-0.39, 0.29) is 17.0 Å². The summed E-state index contributed by atoms with van der Waals surface area (Å²) in [5.74, 6) is -0.115. The minimum atomic E-state index is -0.345. The molecule has 0 radical (unpaired) electrons. The van der Waals surface area contributed by atoms with Crippen LogP contribution in [-0.4, -0.2) is 31.2 Å². The van der Waals surface area contributed by atoms with Crippen LogP contribution in [0.25, 0.3) is 0 Å². The van der Waals surface area contributed by atoms with Crippen LogP contribution in [0.3, 0.4) is 0 Å². The van der Waals surface area contributed by atoms with Crippen LogP contribution in [0.2, 0.25) is 5.02 Å². The van der Waals surface area contributed by atoms with Gasteiger partial charge in [0, 0.05) is 10.6 Å². The van der Waals surface area contributed by atoms with Gasteiger partial charge in [0.1, 0.15) is 0 Å². The third-order valence-electron chi connectivity index (χ3n) is 2.29. The number of nitrogens with zero attached hydrogens (tertiary/aromatic N) is 4. The third kappa shape index (κ3) is 3.72. The van der Waals surface area contributed by atoms with Gasteiger partial charge in [-0.2, -0.15) is 4.80 Å². The maximum Gasteiger partial charge on any atom is 0.269 e. The van der Waals surface area contributed by atoms with Crippen LogP contribution in [0.1, 0.15) is 17.3 Å². The molecule has 2 rings (SSSR count). The zero-order chi connectivity index (χ0) is 14.5. The lowest BCUT2D eigenvalue weighted by Gasteiger charge is -2.06. The summed E-state index contributed by atoms with van der Waals surface area (Å²) < 4.78 is 0. The van der Waals surface area contributed by atoms with Crippen LogP contribution in [0.15, 0.2) is 24.3 Å². The van der Waals surface area contributed by atoms with Crippen LogP contribution in [0.5, 0.6) is 0 Å². The van der Waals surface area contributed by atoms with E-state index in [2.05, 4.69) is 26.0 Å². The minimum absolute atomic E-state index is 0.0978. The van der Waals surface area contributed by atoms with Crippen molar-refractivity contribution in [3.63, 3.8) is 0 Å². The van der Waals surface area contributed by atoms with Crippen molar-refractivity contribution >= 4 is 40.8 Å². The third-order valence-corrected chi connectivity index (χ3v) is 2.75. The zero-order valence-corrected chi connectivity index (χ0v) is 12.1. The fourth-order valence-corrected chi connectivity index (χ4v) is 1.65. The zero-order valence-electron chi connectivity index (χ0n) is 10.5. The molecule has 0 aliphatic rings. The number of carbonyl (C=O) groups is 1. The number of amides is 1. The first-order valence-corrected chi connectivity index (χ1v) is 6.53. The number of benzene rings is 1. The molecule has 0 saturated heterocycles. The van der Waals surface area contributed by atoms with E-state index in [0.29, 0.717) is 17.1 Å². The van der Waals surface area contributed by atoms with Gasteiger partial charge in [0.05, 0.1) is 6.54 Å². The monoisotopic (exact) mass is 310 g/mol. The molecule has 1 aromatic carbocycles. The average Bonchev–Trinajstić information content (AvgIpc) is 2.86. The predicted molar refractivity (Wildman–Crippen MR) is 78.6 cm³/mol. The average molecular weight is 311 g/mol. The van der Waals surface area contributed by atoms with Gasteiger partial charge in [-0.05, 0) is 48.6 Å². The van der Waals surface area contributed by atoms with Gasteiger partial charge in [0.2, 0.25) is 0 Å². The van der Waals surface area contributed by atoms with Gasteiger partial charge in [-0.1, -0.05) is 16.7 Å². The summed E-state index contributed by atoms with van der Waals surface area (Å²) in [5, 5.41) is 17.3. The van der Waals surface area contributed by atoms with Gasteiger partial charge in [-0.3, -0.25) is 15.4 Å². The molecule has 0 saturated carbocycles. The second-order valence-electron chi connectivity index (χ2n) is 3.72. The van der Waals surface area contributed by atoms with Crippen LogP contribution < -0.4 is 10.6 Å². The predicted octanol–water partition coefficient (Wildman–Crippen LogP) is 1.47. The van der Waals surface area contributed by atoms with E-state index < -0.39 is 0 Å². The molecule has 0 aliphatic heterocycles. The highest BCUT2D eigenvalue weighted by Gasteiger charge is 2.09. The van der Waals surface area contributed by atoms with Crippen LogP contribution in [-0.2, 0) is 6.54 Å². The topological polar surface area (TPSA) is 84.7 Å². The highest BCUT2D eigenvalue weighted by molar-refractivity contribution is 7.80. The van der Waals surface area contributed by atoms with Crippen LogP contribution >= 0.6 is 23.8 Å². The summed E-state index contributed by atoms with van der Waals surface area (Å²) >= 11 is 10.7. The standard InChI is InChI=1S/C11H11ClN6OS/c1-2-18-16-10(15-17-18)14-11(20)13-9(19)7-3-5-8(12)6-4-7/h3-6H,2H2,1H3,(H2,13,14,16,19,20). The maximum absolute atomic E-state index is 11.9. The Kier molecular flexibility index (Phi) is 4.59. The number of nitrogens with one attached hydrogen (secondary N) is 2. The van der Waals surface area contributed by atoms with Gasteiger partial charge in [0.25, 0.3) is 11.9 Å². The van der Waals surface area contributed by atoms with Crippen molar-refractivity contribution in [2.75, 3.05) is 5.32 Å². The van der Waals surface area contributed by atoms with Crippen LogP contribution in [0.4, 0.5) is 5.95 Å². The summed E-state index contributed by atoms with van der Waals surface area (Å²) in [6.45, 7) is 2.48. The molecule has 7 nitrogen and oxygen atoms in total. The van der Waals surface area contributed by atoms with E-state index in [0.717, 1.165) is 0 Å². The number of hydrogen-bond acceptors (Lipinski definition) is 5. The molecule has 0 unspecified atom stereocenters.